The standard InChI is InChI=1S/C19H14F2/c1-13-5-7-14(8-6-13)18-10-9-16(12-19(18)21)15-3-2-4-17(20)11-15/h2-12H,1H3. The lowest BCUT2D eigenvalue weighted by molar-refractivity contribution is 0.627. The average Bonchev–Trinajstić information content (AvgIpc) is 2.48. The molecule has 0 aliphatic carbocycles. The van der Waals surface area contributed by atoms with Crippen LogP contribution in [0.1, 0.15) is 5.56 Å². The summed E-state index contributed by atoms with van der Waals surface area (Å²) in [5.74, 6) is -0.629. The predicted octanol–water partition coefficient (Wildman–Crippen LogP) is 5.61. The van der Waals surface area contributed by atoms with E-state index in [2.05, 4.69) is 0 Å². The molecule has 0 bridgehead atoms. The second-order valence-electron chi connectivity index (χ2n) is 5.07. The van der Waals surface area contributed by atoms with Crippen molar-refractivity contribution in [3.8, 4) is 22.3 Å². The van der Waals surface area contributed by atoms with Crippen LogP contribution in [0.4, 0.5) is 8.78 Å². The highest BCUT2D eigenvalue weighted by atomic mass is 19.1. The van der Waals surface area contributed by atoms with Crippen molar-refractivity contribution < 1.29 is 8.78 Å². The Balaban J connectivity index is 2.02. The predicted molar refractivity (Wildman–Crippen MR) is 82.0 cm³/mol. The fourth-order valence-corrected chi connectivity index (χ4v) is 2.33. The summed E-state index contributed by atoms with van der Waals surface area (Å²) >= 11 is 0. The normalized spacial score (nSPS) is 10.6. The maximum atomic E-state index is 14.3. The van der Waals surface area contributed by atoms with E-state index in [4.69, 9.17) is 0 Å². The lowest BCUT2D eigenvalue weighted by Crippen LogP contribution is -1.87. The molecular weight excluding hydrogens is 266 g/mol. The van der Waals surface area contributed by atoms with Gasteiger partial charge < -0.3 is 0 Å². The van der Waals surface area contributed by atoms with Gasteiger partial charge in [-0.2, -0.15) is 0 Å². The fourth-order valence-electron chi connectivity index (χ4n) is 2.33. The zero-order chi connectivity index (χ0) is 14.8. The van der Waals surface area contributed by atoms with Gasteiger partial charge in [-0.1, -0.05) is 54.1 Å². The summed E-state index contributed by atoms with van der Waals surface area (Å²) in [7, 11) is 0. The Bertz CT molecular complexity index is 774. The molecule has 0 atom stereocenters. The number of hydrogen-bond donors (Lipinski definition) is 0. The summed E-state index contributed by atoms with van der Waals surface area (Å²) in [4.78, 5) is 0. The molecule has 0 aliphatic rings. The topological polar surface area (TPSA) is 0 Å². The molecule has 0 aliphatic heterocycles. The van der Waals surface area contributed by atoms with Crippen LogP contribution in [-0.2, 0) is 0 Å². The first-order valence-corrected chi connectivity index (χ1v) is 6.76. The van der Waals surface area contributed by atoms with Crippen LogP contribution in [0, 0.1) is 18.6 Å². The van der Waals surface area contributed by atoms with Crippen LogP contribution < -0.4 is 0 Å². The Morgan fingerprint density at radius 1 is 0.667 bits per heavy atom. The van der Waals surface area contributed by atoms with Gasteiger partial charge in [-0.15, -0.1) is 0 Å². The quantitative estimate of drug-likeness (QED) is 0.572. The SMILES string of the molecule is Cc1ccc(-c2ccc(-c3cccc(F)c3)cc2F)cc1. The van der Waals surface area contributed by atoms with E-state index in [-0.39, 0.29) is 11.6 Å². The Kier molecular flexibility index (Phi) is 3.53. The molecule has 3 rings (SSSR count). The van der Waals surface area contributed by atoms with Gasteiger partial charge in [0.25, 0.3) is 0 Å². The van der Waals surface area contributed by atoms with Gasteiger partial charge in [0.05, 0.1) is 0 Å². The lowest BCUT2D eigenvalue weighted by Gasteiger charge is -2.07. The Hall–Kier alpha value is -2.48. The maximum Gasteiger partial charge on any atom is 0.131 e. The summed E-state index contributed by atoms with van der Waals surface area (Å²) in [6.07, 6.45) is 0. The van der Waals surface area contributed by atoms with Crippen molar-refractivity contribution in [3.63, 3.8) is 0 Å². The van der Waals surface area contributed by atoms with Crippen LogP contribution in [0.25, 0.3) is 22.3 Å². The van der Waals surface area contributed by atoms with Gasteiger partial charge in [-0.25, -0.2) is 8.78 Å². The molecule has 21 heavy (non-hydrogen) atoms. The molecule has 0 spiro atoms. The summed E-state index contributed by atoms with van der Waals surface area (Å²) in [6.45, 7) is 1.99. The monoisotopic (exact) mass is 280 g/mol. The van der Waals surface area contributed by atoms with Gasteiger partial charge in [0.2, 0.25) is 0 Å². The zero-order valence-electron chi connectivity index (χ0n) is 11.6. The van der Waals surface area contributed by atoms with E-state index in [1.165, 1.54) is 18.2 Å². The Morgan fingerprint density at radius 3 is 2.00 bits per heavy atom. The summed E-state index contributed by atoms with van der Waals surface area (Å²) in [5.41, 5.74) is 3.86. The summed E-state index contributed by atoms with van der Waals surface area (Å²) in [5, 5.41) is 0. The molecule has 3 aromatic rings. The third-order valence-electron chi connectivity index (χ3n) is 3.49. The number of hydrogen-bond acceptors (Lipinski definition) is 0. The van der Waals surface area contributed by atoms with Gasteiger partial charge in [0.15, 0.2) is 0 Å². The number of benzene rings is 3. The minimum Gasteiger partial charge on any atom is -0.207 e. The summed E-state index contributed by atoms with van der Waals surface area (Å²) in [6, 6.07) is 18.9. The molecule has 0 amide bonds. The van der Waals surface area contributed by atoms with Gasteiger partial charge >= 0.3 is 0 Å². The van der Waals surface area contributed by atoms with Crippen molar-refractivity contribution >= 4 is 0 Å². The lowest BCUT2D eigenvalue weighted by atomic mass is 9.99. The van der Waals surface area contributed by atoms with Gasteiger partial charge in [-0.05, 0) is 41.8 Å². The molecular formula is C19H14F2. The second kappa shape index (κ2) is 5.49. The molecule has 0 N–H and O–H groups in total. The van der Waals surface area contributed by atoms with Crippen LogP contribution in [0.5, 0.6) is 0 Å². The van der Waals surface area contributed by atoms with E-state index in [0.717, 1.165) is 11.1 Å². The first-order chi connectivity index (χ1) is 10.1. The van der Waals surface area contributed by atoms with E-state index in [0.29, 0.717) is 16.7 Å². The number of rotatable bonds is 2. The van der Waals surface area contributed by atoms with Crippen LogP contribution in [0.15, 0.2) is 66.7 Å². The Labute approximate surface area is 122 Å². The molecule has 2 heteroatoms. The van der Waals surface area contributed by atoms with E-state index < -0.39 is 0 Å². The number of halogens is 2. The minimum atomic E-state index is -0.324. The minimum absolute atomic E-state index is 0.305. The second-order valence-corrected chi connectivity index (χ2v) is 5.07. The average molecular weight is 280 g/mol. The molecule has 0 nitrogen and oxygen atoms in total. The highest BCUT2D eigenvalue weighted by Crippen LogP contribution is 2.28. The highest BCUT2D eigenvalue weighted by molar-refractivity contribution is 5.71. The number of aryl methyl sites for hydroxylation is 1. The first kappa shape index (κ1) is 13.5. The maximum absolute atomic E-state index is 14.3. The van der Waals surface area contributed by atoms with Gasteiger partial charge in [0.1, 0.15) is 11.6 Å². The van der Waals surface area contributed by atoms with Crippen molar-refractivity contribution in [2.75, 3.05) is 0 Å². The third kappa shape index (κ3) is 2.84. The van der Waals surface area contributed by atoms with Crippen LogP contribution >= 0.6 is 0 Å². The fraction of sp³-hybridized carbons (Fsp3) is 0.0526. The molecule has 0 aromatic heterocycles. The molecule has 0 unspecified atom stereocenters. The van der Waals surface area contributed by atoms with E-state index in [1.54, 1.807) is 18.2 Å². The van der Waals surface area contributed by atoms with Crippen LogP contribution in [-0.4, -0.2) is 0 Å². The van der Waals surface area contributed by atoms with Crippen LogP contribution in [0.2, 0.25) is 0 Å². The van der Waals surface area contributed by atoms with Crippen molar-refractivity contribution in [3.05, 3.63) is 83.9 Å². The molecule has 0 saturated heterocycles. The van der Waals surface area contributed by atoms with Crippen molar-refractivity contribution in [1.82, 2.24) is 0 Å². The molecule has 0 fully saturated rings. The Morgan fingerprint density at radius 2 is 1.33 bits per heavy atom. The molecule has 3 aromatic carbocycles. The molecule has 0 saturated carbocycles. The van der Waals surface area contributed by atoms with Gasteiger partial charge in [0, 0.05) is 5.56 Å². The van der Waals surface area contributed by atoms with Crippen molar-refractivity contribution in [1.29, 1.82) is 0 Å². The van der Waals surface area contributed by atoms with E-state index in [9.17, 15) is 8.78 Å². The highest BCUT2D eigenvalue weighted by Gasteiger charge is 2.07. The van der Waals surface area contributed by atoms with Crippen molar-refractivity contribution in [2.45, 2.75) is 6.92 Å². The summed E-state index contributed by atoms with van der Waals surface area (Å²) < 4.78 is 27.6. The smallest absolute Gasteiger partial charge is 0.131 e. The molecule has 0 heterocycles. The molecule has 104 valence electrons. The first-order valence-electron chi connectivity index (χ1n) is 6.76. The van der Waals surface area contributed by atoms with E-state index in [1.807, 2.05) is 37.3 Å². The largest absolute Gasteiger partial charge is 0.207 e. The zero-order valence-corrected chi connectivity index (χ0v) is 11.6. The van der Waals surface area contributed by atoms with Gasteiger partial charge in [-0.3, -0.25) is 0 Å². The van der Waals surface area contributed by atoms with Crippen molar-refractivity contribution in [2.24, 2.45) is 0 Å². The third-order valence-corrected chi connectivity index (χ3v) is 3.49. The van der Waals surface area contributed by atoms with Crippen LogP contribution in [0.3, 0.4) is 0 Å². The molecule has 0 radical (unpaired) electrons. The van der Waals surface area contributed by atoms with E-state index >= 15 is 0 Å².